The van der Waals surface area contributed by atoms with E-state index in [1.54, 1.807) is 15.9 Å². The molecule has 5 amide bonds. The monoisotopic (exact) mass is 640 g/mol. The smallest absolute Gasteiger partial charge is 0.341 e. The van der Waals surface area contributed by atoms with Gasteiger partial charge in [-0.05, 0) is 74.9 Å². The molecule has 4 aliphatic heterocycles. The van der Waals surface area contributed by atoms with Crippen molar-refractivity contribution < 1.29 is 27.6 Å². The van der Waals surface area contributed by atoms with Crippen LogP contribution in [0.25, 0.3) is 0 Å². The molecule has 9 nitrogen and oxygen atoms in total. The molecule has 4 heterocycles. The van der Waals surface area contributed by atoms with Gasteiger partial charge < -0.3 is 30.2 Å². The standard InChI is InChI=1S/C34H43F3N6O3/c35-34(36,37)26-9-6-7-24(21-26)22-30(31(44)41-17-11-27(12-18-41)40-15-4-1-5-16-40)39-32(45)42-19-13-28(14-20-42)43-23-25-8-2-3-10-29(25)38-33(43)46/h2-3,6-10,21,27-28,30H,1,4-5,11-20,22-23H2,(H,38,46)(H,39,45). The first-order chi connectivity index (χ1) is 22.2. The SMILES string of the molecule is O=C(NC(Cc1cccc(C(F)(F)F)c1)C(=O)N1CCC(N2CCCCC2)CC1)N1CCC(N2Cc3ccccc3NC2=O)CC1. The van der Waals surface area contributed by atoms with E-state index in [1.807, 2.05) is 29.2 Å². The van der Waals surface area contributed by atoms with Crippen molar-refractivity contribution in [1.29, 1.82) is 0 Å². The summed E-state index contributed by atoms with van der Waals surface area (Å²) in [6.07, 6.45) is 1.96. The van der Waals surface area contributed by atoms with Gasteiger partial charge in [0.25, 0.3) is 0 Å². The summed E-state index contributed by atoms with van der Waals surface area (Å²) in [5.41, 5.74) is 1.41. The van der Waals surface area contributed by atoms with E-state index in [4.69, 9.17) is 0 Å². The first kappa shape index (κ1) is 32.2. The fourth-order valence-electron chi connectivity index (χ4n) is 7.40. The van der Waals surface area contributed by atoms with Crippen molar-refractivity contribution in [2.24, 2.45) is 0 Å². The van der Waals surface area contributed by atoms with Crippen LogP contribution < -0.4 is 10.6 Å². The molecular formula is C34H43F3N6O3. The quantitative estimate of drug-likeness (QED) is 0.448. The number of carbonyl (C=O) groups excluding carboxylic acids is 3. The van der Waals surface area contributed by atoms with Gasteiger partial charge in [0.15, 0.2) is 0 Å². The van der Waals surface area contributed by atoms with Gasteiger partial charge in [-0.2, -0.15) is 13.2 Å². The van der Waals surface area contributed by atoms with Crippen molar-refractivity contribution in [1.82, 2.24) is 24.9 Å². The van der Waals surface area contributed by atoms with Gasteiger partial charge in [0.05, 0.1) is 5.56 Å². The summed E-state index contributed by atoms with van der Waals surface area (Å²) in [6, 6.07) is 11.5. The zero-order valence-corrected chi connectivity index (χ0v) is 26.1. The molecule has 6 rings (SSSR count). The third-order valence-corrected chi connectivity index (χ3v) is 10.0. The fraction of sp³-hybridized carbons (Fsp3) is 0.559. The number of nitrogens with zero attached hydrogens (tertiary/aromatic N) is 4. The summed E-state index contributed by atoms with van der Waals surface area (Å²) in [5, 5.41) is 5.84. The first-order valence-corrected chi connectivity index (χ1v) is 16.6. The number of amides is 5. The van der Waals surface area contributed by atoms with E-state index in [1.165, 1.54) is 25.3 Å². The van der Waals surface area contributed by atoms with Gasteiger partial charge in [-0.25, -0.2) is 9.59 Å². The van der Waals surface area contributed by atoms with Gasteiger partial charge in [-0.3, -0.25) is 4.79 Å². The molecule has 0 spiro atoms. The molecule has 0 aliphatic carbocycles. The van der Waals surface area contributed by atoms with Crippen molar-refractivity contribution in [2.75, 3.05) is 44.6 Å². The Hall–Kier alpha value is -3.80. The second kappa shape index (κ2) is 13.9. The van der Waals surface area contributed by atoms with Crippen molar-refractivity contribution >= 4 is 23.7 Å². The summed E-state index contributed by atoms with van der Waals surface area (Å²) in [4.78, 5) is 48.0. The van der Waals surface area contributed by atoms with Crippen LogP contribution in [0.1, 0.15) is 61.6 Å². The molecule has 0 aromatic heterocycles. The molecule has 46 heavy (non-hydrogen) atoms. The number of urea groups is 2. The molecule has 2 N–H and O–H groups in total. The Kier molecular flexibility index (Phi) is 9.72. The molecule has 3 saturated heterocycles. The molecule has 4 aliphatic rings. The van der Waals surface area contributed by atoms with Gasteiger partial charge in [0.2, 0.25) is 5.91 Å². The highest BCUT2D eigenvalue weighted by atomic mass is 19.4. The summed E-state index contributed by atoms with van der Waals surface area (Å²) < 4.78 is 40.4. The lowest BCUT2D eigenvalue weighted by molar-refractivity contribution is -0.137. The normalized spacial score (nSPS) is 21.0. The zero-order chi connectivity index (χ0) is 32.3. The predicted octanol–water partition coefficient (Wildman–Crippen LogP) is 5.32. The number of benzene rings is 2. The number of para-hydroxylation sites is 1. The summed E-state index contributed by atoms with van der Waals surface area (Å²) >= 11 is 0. The molecule has 0 bridgehead atoms. The Morgan fingerprint density at radius 3 is 2.24 bits per heavy atom. The molecule has 12 heteroatoms. The summed E-state index contributed by atoms with van der Waals surface area (Å²) in [6.45, 7) is 4.57. The minimum absolute atomic E-state index is 0.0373. The van der Waals surface area contributed by atoms with Gasteiger partial charge in [-0.1, -0.05) is 42.8 Å². The van der Waals surface area contributed by atoms with Gasteiger partial charge >= 0.3 is 18.2 Å². The predicted molar refractivity (Wildman–Crippen MR) is 168 cm³/mol. The highest BCUT2D eigenvalue weighted by molar-refractivity contribution is 5.92. The second-order valence-corrected chi connectivity index (χ2v) is 13.0. The largest absolute Gasteiger partial charge is 0.416 e. The van der Waals surface area contributed by atoms with Crippen LogP contribution in [0.4, 0.5) is 28.4 Å². The average molecular weight is 641 g/mol. The maximum Gasteiger partial charge on any atom is 0.416 e. The van der Waals surface area contributed by atoms with Crippen LogP contribution in [0, 0.1) is 0 Å². The first-order valence-electron chi connectivity index (χ1n) is 16.6. The van der Waals surface area contributed by atoms with Crippen molar-refractivity contribution in [3.05, 3.63) is 65.2 Å². The number of rotatable bonds is 6. The molecule has 3 fully saturated rings. The number of hydrogen-bond donors (Lipinski definition) is 2. The van der Waals surface area contributed by atoms with Gasteiger partial charge in [0.1, 0.15) is 6.04 Å². The number of alkyl halides is 3. The average Bonchev–Trinajstić information content (AvgIpc) is 3.07. The second-order valence-electron chi connectivity index (χ2n) is 13.0. The molecule has 2 aromatic carbocycles. The van der Waals surface area contributed by atoms with Crippen LogP contribution in [0.5, 0.6) is 0 Å². The third kappa shape index (κ3) is 7.43. The lowest BCUT2D eigenvalue weighted by atomic mass is 9.98. The Balaban J connectivity index is 1.10. The number of carbonyl (C=O) groups is 3. The van der Waals surface area contributed by atoms with Crippen LogP contribution in [-0.4, -0.2) is 95.0 Å². The van der Waals surface area contributed by atoms with E-state index in [-0.39, 0.29) is 24.4 Å². The van der Waals surface area contributed by atoms with E-state index in [2.05, 4.69) is 15.5 Å². The summed E-state index contributed by atoms with van der Waals surface area (Å²) in [5.74, 6) is -0.263. The van der Waals surface area contributed by atoms with Gasteiger partial charge in [0, 0.05) is 56.9 Å². The van der Waals surface area contributed by atoms with Crippen LogP contribution in [-0.2, 0) is 23.9 Å². The molecule has 0 radical (unpaired) electrons. The minimum Gasteiger partial charge on any atom is -0.341 e. The third-order valence-electron chi connectivity index (χ3n) is 10.0. The van der Waals surface area contributed by atoms with E-state index < -0.39 is 23.8 Å². The number of halogens is 3. The molecule has 248 valence electrons. The van der Waals surface area contributed by atoms with Crippen LogP contribution in [0.15, 0.2) is 48.5 Å². The highest BCUT2D eigenvalue weighted by Crippen LogP contribution is 2.31. The van der Waals surface area contributed by atoms with Crippen LogP contribution >= 0.6 is 0 Å². The van der Waals surface area contributed by atoms with E-state index >= 15 is 0 Å². The zero-order valence-electron chi connectivity index (χ0n) is 26.1. The molecular weight excluding hydrogens is 597 g/mol. The molecule has 1 unspecified atom stereocenters. The Morgan fingerprint density at radius 2 is 1.52 bits per heavy atom. The number of nitrogens with one attached hydrogen (secondary N) is 2. The van der Waals surface area contributed by atoms with Crippen molar-refractivity contribution in [3.8, 4) is 0 Å². The van der Waals surface area contributed by atoms with Gasteiger partial charge in [-0.15, -0.1) is 0 Å². The lowest BCUT2D eigenvalue weighted by Crippen LogP contribution is -2.57. The minimum atomic E-state index is -4.51. The van der Waals surface area contributed by atoms with Crippen LogP contribution in [0.2, 0.25) is 0 Å². The number of piperidine rings is 3. The number of likely N-dealkylation sites (tertiary alicyclic amines) is 3. The molecule has 1 atom stereocenters. The van der Waals surface area contributed by atoms with Crippen molar-refractivity contribution in [3.63, 3.8) is 0 Å². The lowest BCUT2D eigenvalue weighted by Gasteiger charge is -2.42. The Bertz CT molecular complexity index is 1400. The van der Waals surface area contributed by atoms with Crippen molar-refractivity contribution in [2.45, 2.75) is 82.2 Å². The maximum atomic E-state index is 13.9. The van der Waals surface area contributed by atoms with E-state index in [9.17, 15) is 27.6 Å². The number of fused-ring (bicyclic) bond motifs is 1. The molecule has 2 aromatic rings. The number of anilines is 1. The topological polar surface area (TPSA) is 88.2 Å². The number of hydrogen-bond acceptors (Lipinski definition) is 4. The summed E-state index contributed by atoms with van der Waals surface area (Å²) in [7, 11) is 0. The van der Waals surface area contributed by atoms with E-state index in [0.717, 1.165) is 49.3 Å². The fourth-order valence-corrected chi connectivity index (χ4v) is 7.40. The molecule has 0 saturated carbocycles. The van der Waals surface area contributed by atoms with Crippen LogP contribution in [0.3, 0.4) is 0 Å². The Labute approximate surface area is 268 Å². The maximum absolute atomic E-state index is 13.9. The Morgan fingerprint density at radius 1 is 0.848 bits per heavy atom. The van der Waals surface area contributed by atoms with E-state index in [0.29, 0.717) is 57.2 Å². The highest BCUT2D eigenvalue weighted by Gasteiger charge is 2.36.